The molecule has 0 radical (unpaired) electrons. The van der Waals surface area contributed by atoms with Crippen molar-refractivity contribution < 1.29 is 34.8 Å². The second kappa shape index (κ2) is 6.98. The Morgan fingerprint density at radius 3 is 1.38 bits per heavy atom. The van der Waals surface area contributed by atoms with Gasteiger partial charge in [0, 0.05) is 12.8 Å². The predicted molar refractivity (Wildman–Crippen MR) is 74.2 cm³/mol. The summed E-state index contributed by atoms with van der Waals surface area (Å²) in [5, 5.41) is 38.3. The minimum atomic E-state index is -2.55. The van der Waals surface area contributed by atoms with Crippen molar-refractivity contribution in [2.75, 3.05) is 0 Å². The van der Waals surface area contributed by atoms with Crippen molar-refractivity contribution in [2.45, 2.75) is 24.4 Å². The largest absolute Gasteiger partial charge is 0.478 e. The van der Waals surface area contributed by atoms with Gasteiger partial charge in [0.1, 0.15) is 0 Å². The molecule has 0 rings (SSSR count). The van der Waals surface area contributed by atoms with E-state index >= 15 is 0 Å². The molecule has 2 atom stereocenters. The molecular formula is C14H18O7. The molecule has 0 heterocycles. The number of carbonyl (C=O) groups is 2. The van der Waals surface area contributed by atoms with Crippen LogP contribution in [-0.2, 0) is 14.3 Å². The topological polar surface area (TPSA) is 124 Å². The fourth-order valence-electron chi connectivity index (χ4n) is 1.46. The standard InChI is InChI=1S/C14H18O7/c1-5-7-13(19,9(3)11(15)16)21-14(20,8-6-2)10(4)12(17)18/h5-6,19-20H,1-4,7-8H2,(H,15,16)(H,17,18). The molecule has 0 aliphatic rings. The maximum absolute atomic E-state index is 11.0. The summed E-state index contributed by atoms with van der Waals surface area (Å²) in [7, 11) is 0. The number of hydrogen-bond acceptors (Lipinski definition) is 5. The first-order valence-electron chi connectivity index (χ1n) is 5.76. The van der Waals surface area contributed by atoms with Gasteiger partial charge in [0.15, 0.2) is 0 Å². The molecule has 0 aromatic heterocycles. The van der Waals surface area contributed by atoms with Crippen LogP contribution < -0.4 is 0 Å². The van der Waals surface area contributed by atoms with Crippen molar-refractivity contribution in [3.8, 4) is 0 Å². The van der Waals surface area contributed by atoms with Gasteiger partial charge in [-0.3, -0.25) is 0 Å². The maximum Gasteiger partial charge on any atom is 0.336 e. The Labute approximate surface area is 121 Å². The molecule has 7 heteroatoms. The van der Waals surface area contributed by atoms with Crippen molar-refractivity contribution >= 4 is 11.9 Å². The van der Waals surface area contributed by atoms with Gasteiger partial charge in [0.2, 0.25) is 11.6 Å². The van der Waals surface area contributed by atoms with Gasteiger partial charge in [-0.05, 0) is 0 Å². The minimum absolute atomic E-state index is 0.440. The van der Waals surface area contributed by atoms with Gasteiger partial charge in [0.05, 0.1) is 11.1 Å². The summed E-state index contributed by atoms with van der Waals surface area (Å²) in [5.74, 6) is -8.27. The normalized spacial score (nSPS) is 16.1. The second-order valence-corrected chi connectivity index (χ2v) is 4.22. The van der Waals surface area contributed by atoms with Crippen LogP contribution in [0, 0.1) is 0 Å². The molecule has 0 aliphatic heterocycles. The summed E-state index contributed by atoms with van der Waals surface area (Å²) >= 11 is 0. The lowest BCUT2D eigenvalue weighted by atomic mass is 9.99. The SMILES string of the molecule is C=CCC(O)(OC(O)(CC=C)C(=C)C(=O)O)C(=C)C(=O)O. The monoisotopic (exact) mass is 298 g/mol. The Morgan fingerprint density at radius 2 is 1.19 bits per heavy atom. The van der Waals surface area contributed by atoms with E-state index in [1.165, 1.54) is 0 Å². The zero-order valence-electron chi connectivity index (χ0n) is 11.4. The molecule has 7 nitrogen and oxygen atoms in total. The first-order valence-corrected chi connectivity index (χ1v) is 5.76. The molecule has 0 saturated heterocycles. The molecular weight excluding hydrogens is 280 g/mol. The van der Waals surface area contributed by atoms with Crippen molar-refractivity contribution in [1.82, 2.24) is 0 Å². The average molecular weight is 298 g/mol. The molecule has 0 aromatic carbocycles. The summed E-state index contributed by atoms with van der Waals surface area (Å²) in [4.78, 5) is 21.9. The number of carboxylic acids is 2. The Bertz CT molecular complexity index is 450. The van der Waals surface area contributed by atoms with E-state index in [-0.39, 0.29) is 0 Å². The van der Waals surface area contributed by atoms with Crippen molar-refractivity contribution in [3.05, 3.63) is 49.6 Å². The fourth-order valence-corrected chi connectivity index (χ4v) is 1.46. The van der Waals surface area contributed by atoms with Crippen LogP contribution in [-0.4, -0.2) is 43.9 Å². The van der Waals surface area contributed by atoms with Gasteiger partial charge in [0.25, 0.3) is 0 Å². The molecule has 21 heavy (non-hydrogen) atoms. The number of rotatable bonds is 10. The van der Waals surface area contributed by atoms with Crippen molar-refractivity contribution in [1.29, 1.82) is 0 Å². The van der Waals surface area contributed by atoms with Crippen molar-refractivity contribution in [2.24, 2.45) is 0 Å². The molecule has 4 N–H and O–H groups in total. The molecule has 0 fully saturated rings. The third-order valence-corrected chi connectivity index (χ3v) is 2.64. The first-order chi connectivity index (χ1) is 9.54. The maximum atomic E-state index is 11.0. The van der Waals surface area contributed by atoms with Gasteiger partial charge < -0.3 is 25.2 Å². The lowest BCUT2D eigenvalue weighted by Gasteiger charge is -2.37. The van der Waals surface area contributed by atoms with Gasteiger partial charge in [-0.1, -0.05) is 25.3 Å². The highest BCUT2D eigenvalue weighted by Gasteiger charge is 2.46. The summed E-state index contributed by atoms with van der Waals surface area (Å²) in [6.07, 6.45) is 1.38. The lowest BCUT2D eigenvalue weighted by molar-refractivity contribution is -0.298. The Morgan fingerprint density at radius 1 is 0.905 bits per heavy atom. The van der Waals surface area contributed by atoms with Crippen molar-refractivity contribution in [3.63, 3.8) is 0 Å². The van der Waals surface area contributed by atoms with Crippen LogP contribution >= 0.6 is 0 Å². The van der Waals surface area contributed by atoms with E-state index < -0.39 is 47.5 Å². The van der Waals surface area contributed by atoms with Gasteiger partial charge >= 0.3 is 11.9 Å². The van der Waals surface area contributed by atoms with E-state index in [1.807, 2.05) is 0 Å². The Hall–Kier alpha value is -2.22. The molecule has 0 aromatic rings. The highest BCUT2D eigenvalue weighted by Crippen LogP contribution is 2.33. The zero-order valence-corrected chi connectivity index (χ0v) is 11.4. The smallest absolute Gasteiger partial charge is 0.336 e. The summed E-state index contributed by atoms with van der Waals surface area (Å²) in [6, 6.07) is 0. The number of carboxylic acid groups (broad SMARTS) is 2. The highest BCUT2D eigenvalue weighted by atomic mass is 16.7. The summed E-state index contributed by atoms with van der Waals surface area (Å²) < 4.78 is 4.96. The molecule has 116 valence electrons. The van der Waals surface area contributed by atoms with Gasteiger partial charge in [-0.15, -0.1) is 13.2 Å². The summed E-state index contributed by atoms with van der Waals surface area (Å²) in [5.41, 5.74) is -1.58. The van der Waals surface area contributed by atoms with E-state index in [0.717, 1.165) is 12.2 Å². The number of hydrogen-bond donors (Lipinski definition) is 4. The van der Waals surface area contributed by atoms with E-state index in [9.17, 15) is 19.8 Å². The second-order valence-electron chi connectivity index (χ2n) is 4.22. The Kier molecular flexibility index (Phi) is 6.24. The number of ether oxygens (including phenoxy) is 1. The molecule has 2 unspecified atom stereocenters. The minimum Gasteiger partial charge on any atom is -0.478 e. The van der Waals surface area contributed by atoms with Crippen LogP contribution in [0.1, 0.15) is 12.8 Å². The van der Waals surface area contributed by atoms with Crippen LogP contribution in [0.2, 0.25) is 0 Å². The quantitative estimate of drug-likeness (QED) is 0.267. The van der Waals surface area contributed by atoms with E-state index in [1.54, 1.807) is 0 Å². The summed E-state index contributed by atoms with van der Waals surface area (Å²) in [6.45, 7) is 13.0. The fraction of sp³-hybridized carbons (Fsp3) is 0.286. The van der Waals surface area contributed by atoms with E-state index in [0.29, 0.717) is 0 Å². The predicted octanol–water partition coefficient (Wildman–Crippen LogP) is 0.814. The molecule has 0 aliphatic carbocycles. The van der Waals surface area contributed by atoms with Gasteiger partial charge in [-0.2, -0.15) is 0 Å². The third-order valence-electron chi connectivity index (χ3n) is 2.64. The molecule has 0 spiro atoms. The van der Waals surface area contributed by atoms with Gasteiger partial charge in [-0.25, -0.2) is 9.59 Å². The molecule has 0 saturated carbocycles. The molecule has 0 amide bonds. The molecule has 0 bridgehead atoms. The first kappa shape index (κ1) is 18.8. The third kappa shape index (κ3) is 4.38. The number of aliphatic carboxylic acids is 2. The van der Waals surface area contributed by atoms with Crippen LogP contribution in [0.4, 0.5) is 0 Å². The van der Waals surface area contributed by atoms with Crippen LogP contribution in [0.5, 0.6) is 0 Å². The van der Waals surface area contributed by atoms with Crippen LogP contribution in [0.15, 0.2) is 49.6 Å². The van der Waals surface area contributed by atoms with E-state index in [4.69, 9.17) is 14.9 Å². The number of aliphatic hydroxyl groups is 2. The van der Waals surface area contributed by atoms with Crippen LogP contribution in [0.25, 0.3) is 0 Å². The highest BCUT2D eigenvalue weighted by molar-refractivity contribution is 5.89. The zero-order chi connectivity index (χ0) is 16.8. The Balaban J connectivity index is 5.73. The van der Waals surface area contributed by atoms with Crippen LogP contribution in [0.3, 0.4) is 0 Å². The van der Waals surface area contributed by atoms with E-state index in [2.05, 4.69) is 26.3 Å². The average Bonchev–Trinajstić information content (AvgIpc) is 2.36. The lowest BCUT2D eigenvalue weighted by Crippen LogP contribution is -2.49.